The average Bonchev–Trinajstić information content (AvgIpc) is 2.66. The van der Waals surface area contributed by atoms with Crippen LogP contribution in [0.5, 0.6) is 0 Å². The van der Waals surface area contributed by atoms with E-state index in [9.17, 15) is 4.21 Å². The maximum Gasteiger partial charge on any atom is 0.144 e. The van der Waals surface area contributed by atoms with E-state index < -0.39 is 11.0 Å². The maximum atomic E-state index is 11.8. The van der Waals surface area contributed by atoms with Crippen molar-refractivity contribution in [2.45, 2.75) is 25.5 Å². The topological polar surface area (TPSA) is 34.4 Å². The van der Waals surface area contributed by atoms with Crippen molar-refractivity contribution in [3.63, 3.8) is 0 Å². The molecule has 0 fully saturated rings. The molecule has 2 aromatic rings. The molecule has 0 unspecified atom stereocenters. The lowest BCUT2D eigenvalue weighted by Crippen LogP contribution is -2.19. The molecule has 3 nitrogen and oxygen atoms in total. The van der Waals surface area contributed by atoms with Crippen molar-refractivity contribution in [3.05, 3.63) is 36.0 Å². The molecule has 4 heteroatoms. The number of rotatable bonds is 2. The molecule has 18 heavy (non-hydrogen) atoms. The van der Waals surface area contributed by atoms with Crippen LogP contribution in [0.1, 0.15) is 26.3 Å². The quantitative estimate of drug-likeness (QED) is 0.766. The lowest BCUT2D eigenvalue weighted by Gasteiger charge is -2.12. The Morgan fingerprint density at radius 2 is 2.00 bits per heavy atom. The Hall–Kier alpha value is -1.42. The van der Waals surface area contributed by atoms with Gasteiger partial charge in [-0.25, -0.2) is 4.21 Å². The molecule has 0 saturated heterocycles. The summed E-state index contributed by atoms with van der Waals surface area (Å²) in [6.45, 7) is 5.75. The SMILES string of the molecule is Cn1ccc2cc(/C=N/[S@](=O)C(C)(C)C)ccc21. The molecule has 96 valence electrons. The fourth-order valence-electron chi connectivity index (χ4n) is 1.65. The Kier molecular flexibility index (Phi) is 3.39. The first kappa shape index (κ1) is 13.0. The van der Waals surface area contributed by atoms with E-state index in [0.29, 0.717) is 0 Å². The summed E-state index contributed by atoms with van der Waals surface area (Å²) >= 11 is 0. The van der Waals surface area contributed by atoms with E-state index in [2.05, 4.69) is 27.2 Å². The van der Waals surface area contributed by atoms with Gasteiger partial charge in [-0.2, -0.15) is 4.40 Å². The fourth-order valence-corrected chi connectivity index (χ4v) is 2.18. The van der Waals surface area contributed by atoms with Crippen LogP contribution < -0.4 is 0 Å². The Balaban J connectivity index is 2.27. The first-order valence-electron chi connectivity index (χ1n) is 5.89. The number of hydrogen-bond acceptors (Lipinski definition) is 1. The summed E-state index contributed by atoms with van der Waals surface area (Å²) in [5.74, 6) is 0. The Bertz CT molecular complexity index is 620. The number of aryl methyl sites for hydroxylation is 1. The Labute approximate surface area is 110 Å². The van der Waals surface area contributed by atoms with Gasteiger partial charge in [-0.05, 0) is 44.5 Å². The molecule has 0 aliphatic heterocycles. The summed E-state index contributed by atoms with van der Waals surface area (Å²) in [5, 5.41) is 1.17. The highest BCUT2D eigenvalue weighted by atomic mass is 32.2. The molecule has 0 N–H and O–H groups in total. The second-order valence-corrected chi connectivity index (χ2v) is 7.27. The summed E-state index contributed by atoms with van der Waals surface area (Å²) in [5.41, 5.74) is 2.16. The van der Waals surface area contributed by atoms with E-state index in [1.165, 1.54) is 10.9 Å². The molecule has 1 atom stereocenters. The zero-order chi connectivity index (χ0) is 13.3. The molecule has 0 aliphatic rings. The third-order valence-electron chi connectivity index (χ3n) is 2.73. The molecule has 1 aromatic carbocycles. The highest BCUT2D eigenvalue weighted by Crippen LogP contribution is 2.16. The molecule has 1 heterocycles. The zero-order valence-electron chi connectivity index (χ0n) is 11.2. The molecule has 0 amide bonds. The van der Waals surface area contributed by atoms with Gasteiger partial charge in [0.05, 0.1) is 4.75 Å². The standard InChI is InChI=1S/C14H18N2OS/c1-14(2,3)18(17)15-10-11-5-6-13-12(9-11)7-8-16(13)4/h5-10H,1-4H3/b15-10+/t18-/m1/s1. The van der Waals surface area contributed by atoms with E-state index in [1.54, 1.807) is 6.21 Å². The van der Waals surface area contributed by atoms with Crippen molar-refractivity contribution in [1.82, 2.24) is 4.57 Å². The minimum atomic E-state index is -1.20. The van der Waals surface area contributed by atoms with Crippen molar-refractivity contribution in [3.8, 4) is 0 Å². The van der Waals surface area contributed by atoms with Gasteiger partial charge in [0, 0.05) is 30.4 Å². The van der Waals surface area contributed by atoms with Gasteiger partial charge in [0.25, 0.3) is 0 Å². The molecule has 0 bridgehead atoms. The molecule has 0 saturated carbocycles. The second kappa shape index (κ2) is 4.69. The fraction of sp³-hybridized carbons (Fsp3) is 0.357. The van der Waals surface area contributed by atoms with Crippen molar-refractivity contribution in [2.24, 2.45) is 11.4 Å². The van der Waals surface area contributed by atoms with Gasteiger partial charge in [-0.3, -0.25) is 0 Å². The number of nitrogens with zero attached hydrogens (tertiary/aromatic N) is 2. The van der Waals surface area contributed by atoms with Crippen molar-refractivity contribution in [2.75, 3.05) is 0 Å². The number of aromatic nitrogens is 1. The van der Waals surface area contributed by atoms with Gasteiger partial charge in [-0.1, -0.05) is 6.07 Å². The van der Waals surface area contributed by atoms with Crippen LogP contribution in [-0.4, -0.2) is 19.7 Å². The molecule has 0 radical (unpaired) electrons. The van der Waals surface area contributed by atoms with Crippen molar-refractivity contribution < 1.29 is 4.21 Å². The zero-order valence-corrected chi connectivity index (χ0v) is 12.0. The molecular weight excluding hydrogens is 244 g/mol. The normalized spacial score (nSPS) is 14.4. The number of benzene rings is 1. The molecule has 0 spiro atoms. The summed E-state index contributed by atoms with van der Waals surface area (Å²) in [7, 11) is 0.817. The van der Waals surface area contributed by atoms with E-state index in [1.807, 2.05) is 40.1 Å². The summed E-state index contributed by atoms with van der Waals surface area (Å²) in [6.07, 6.45) is 3.71. The van der Waals surface area contributed by atoms with Gasteiger partial charge in [0.1, 0.15) is 11.0 Å². The second-order valence-electron chi connectivity index (χ2n) is 5.34. The van der Waals surface area contributed by atoms with Gasteiger partial charge in [0.15, 0.2) is 0 Å². The van der Waals surface area contributed by atoms with Crippen molar-refractivity contribution >= 4 is 28.1 Å². The van der Waals surface area contributed by atoms with E-state index >= 15 is 0 Å². The monoisotopic (exact) mass is 262 g/mol. The van der Waals surface area contributed by atoms with Crippen LogP contribution in [-0.2, 0) is 18.0 Å². The summed E-state index contributed by atoms with van der Waals surface area (Å²) < 4.78 is 17.7. The third-order valence-corrected chi connectivity index (χ3v) is 4.08. The predicted octanol–water partition coefficient (Wildman–Crippen LogP) is 3.06. The van der Waals surface area contributed by atoms with Crippen molar-refractivity contribution in [1.29, 1.82) is 0 Å². The lowest BCUT2D eigenvalue weighted by atomic mass is 10.2. The van der Waals surface area contributed by atoms with Crippen LogP contribution in [0.4, 0.5) is 0 Å². The minimum Gasteiger partial charge on any atom is -0.351 e. The highest BCUT2D eigenvalue weighted by molar-refractivity contribution is 7.85. The van der Waals surface area contributed by atoms with E-state index in [0.717, 1.165) is 5.56 Å². The first-order chi connectivity index (χ1) is 8.38. The van der Waals surface area contributed by atoms with Gasteiger partial charge in [-0.15, -0.1) is 0 Å². The molecular formula is C14H18N2OS. The van der Waals surface area contributed by atoms with Crippen LogP contribution in [0.25, 0.3) is 10.9 Å². The third kappa shape index (κ3) is 2.70. The number of fused-ring (bicyclic) bond motifs is 1. The molecule has 1 aromatic heterocycles. The minimum absolute atomic E-state index is 0.312. The van der Waals surface area contributed by atoms with Crippen LogP contribution in [0.2, 0.25) is 0 Å². The van der Waals surface area contributed by atoms with Crippen LogP contribution in [0.15, 0.2) is 34.9 Å². The van der Waals surface area contributed by atoms with Gasteiger partial charge >= 0.3 is 0 Å². The largest absolute Gasteiger partial charge is 0.351 e. The molecule has 2 rings (SSSR count). The van der Waals surface area contributed by atoms with E-state index in [-0.39, 0.29) is 4.75 Å². The molecule has 0 aliphatic carbocycles. The van der Waals surface area contributed by atoms with E-state index in [4.69, 9.17) is 0 Å². The summed E-state index contributed by atoms with van der Waals surface area (Å²) in [4.78, 5) is 0. The van der Waals surface area contributed by atoms with Gasteiger partial charge < -0.3 is 4.57 Å². The average molecular weight is 262 g/mol. The van der Waals surface area contributed by atoms with Gasteiger partial charge in [0.2, 0.25) is 0 Å². The first-order valence-corrected chi connectivity index (χ1v) is 7.00. The van der Waals surface area contributed by atoms with Crippen LogP contribution in [0.3, 0.4) is 0 Å². The Morgan fingerprint density at radius 3 is 2.67 bits per heavy atom. The summed E-state index contributed by atoms with van der Waals surface area (Å²) in [6, 6.07) is 8.16. The number of hydrogen-bond donors (Lipinski definition) is 0. The highest BCUT2D eigenvalue weighted by Gasteiger charge is 2.18. The predicted molar refractivity (Wildman–Crippen MR) is 78.4 cm³/mol. The van der Waals surface area contributed by atoms with Crippen LogP contribution >= 0.6 is 0 Å². The Morgan fingerprint density at radius 1 is 1.28 bits per heavy atom. The lowest BCUT2D eigenvalue weighted by molar-refractivity contribution is 0.651. The smallest absolute Gasteiger partial charge is 0.144 e. The van der Waals surface area contributed by atoms with Crippen LogP contribution in [0, 0.1) is 0 Å². The maximum absolute atomic E-state index is 11.8.